The number of aliphatic carboxylic acids is 1. The van der Waals surface area contributed by atoms with Gasteiger partial charge in [-0.25, -0.2) is 4.79 Å². The summed E-state index contributed by atoms with van der Waals surface area (Å²) in [4.78, 5) is 24.8. The molecule has 5 heteroatoms. The minimum atomic E-state index is -0.798. The highest BCUT2D eigenvalue weighted by molar-refractivity contribution is 5.82. The Morgan fingerprint density at radius 3 is 2.03 bits per heavy atom. The maximum Gasteiger partial charge on any atom is 0.407 e. The van der Waals surface area contributed by atoms with Crippen LogP contribution in [0.1, 0.15) is 42.7 Å². The van der Waals surface area contributed by atoms with Crippen molar-refractivity contribution in [1.82, 2.24) is 5.32 Å². The summed E-state index contributed by atoms with van der Waals surface area (Å²) < 4.78 is 5.70. The fraction of sp³-hybridized carbons (Fsp3) is 0.417. The first kappa shape index (κ1) is 17.1. The number of alkyl carbamates (subject to hydrolysis) is 1. The Morgan fingerprint density at radius 2 is 1.48 bits per heavy atom. The van der Waals surface area contributed by atoms with E-state index in [-0.39, 0.29) is 12.5 Å². The van der Waals surface area contributed by atoms with E-state index in [0.717, 1.165) is 12.8 Å². The lowest BCUT2D eigenvalue weighted by atomic mass is 9.74. The van der Waals surface area contributed by atoms with Crippen molar-refractivity contribution in [2.45, 2.75) is 37.1 Å². The SMILES string of the molecule is O=C(NC12CC3CC1(C(=O)O)CC3C2)OCC1c2ccccc2-c2ccccc21. The van der Waals surface area contributed by atoms with Crippen molar-refractivity contribution in [3.63, 3.8) is 0 Å². The molecule has 0 aliphatic heterocycles. The molecule has 5 aliphatic rings. The number of amides is 1. The minimum Gasteiger partial charge on any atom is -0.481 e. The van der Waals surface area contributed by atoms with Crippen LogP contribution in [0, 0.1) is 17.3 Å². The Labute approximate surface area is 169 Å². The molecule has 0 radical (unpaired) electrons. The van der Waals surface area contributed by atoms with Crippen molar-refractivity contribution in [3.05, 3.63) is 59.7 Å². The molecule has 5 aliphatic carbocycles. The second-order valence-corrected chi connectivity index (χ2v) is 9.26. The van der Waals surface area contributed by atoms with Gasteiger partial charge in [0, 0.05) is 5.92 Å². The molecule has 4 fully saturated rings. The topological polar surface area (TPSA) is 75.6 Å². The van der Waals surface area contributed by atoms with Gasteiger partial charge in [-0.1, -0.05) is 48.5 Å². The summed E-state index contributed by atoms with van der Waals surface area (Å²) in [7, 11) is 0. The van der Waals surface area contributed by atoms with Crippen molar-refractivity contribution < 1.29 is 19.4 Å². The molecule has 1 amide bonds. The van der Waals surface area contributed by atoms with Gasteiger partial charge in [0.2, 0.25) is 0 Å². The first-order chi connectivity index (χ1) is 14.0. The minimum absolute atomic E-state index is 0.00709. The van der Waals surface area contributed by atoms with Gasteiger partial charge in [0.15, 0.2) is 0 Å². The van der Waals surface area contributed by atoms with E-state index in [1.807, 2.05) is 24.3 Å². The van der Waals surface area contributed by atoms with Crippen molar-refractivity contribution in [2.75, 3.05) is 6.61 Å². The molecule has 2 atom stereocenters. The number of fused-ring (bicyclic) bond motifs is 3. The Kier molecular flexibility index (Phi) is 3.31. The largest absolute Gasteiger partial charge is 0.481 e. The summed E-state index contributed by atoms with van der Waals surface area (Å²) in [6.45, 7) is 0.253. The summed E-state index contributed by atoms with van der Waals surface area (Å²) in [5, 5.41) is 12.9. The molecule has 2 aromatic carbocycles. The summed E-state index contributed by atoms with van der Waals surface area (Å²) in [5.74, 6) is 0.103. The van der Waals surface area contributed by atoms with Crippen LogP contribution < -0.4 is 5.32 Å². The van der Waals surface area contributed by atoms with Gasteiger partial charge in [0.05, 0.1) is 11.0 Å². The van der Waals surface area contributed by atoms with E-state index < -0.39 is 23.0 Å². The molecular formula is C24H23NO4. The summed E-state index contributed by atoms with van der Waals surface area (Å²) in [5.41, 5.74) is 3.30. The van der Waals surface area contributed by atoms with Crippen LogP contribution in [0.5, 0.6) is 0 Å². The quantitative estimate of drug-likeness (QED) is 0.823. The monoisotopic (exact) mass is 389 g/mol. The number of ether oxygens (including phenoxy) is 1. The number of benzene rings is 2. The van der Waals surface area contributed by atoms with Gasteiger partial charge in [-0.3, -0.25) is 4.79 Å². The van der Waals surface area contributed by atoms with Crippen molar-refractivity contribution in [2.24, 2.45) is 17.3 Å². The lowest BCUT2D eigenvalue weighted by Gasteiger charge is -2.37. The molecular weight excluding hydrogens is 366 g/mol. The average Bonchev–Trinajstić information content (AvgIpc) is 3.46. The van der Waals surface area contributed by atoms with E-state index in [2.05, 4.69) is 29.6 Å². The molecule has 2 aromatic rings. The van der Waals surface area contributed by atoms with Gasteiger partial charge in [0.1, 0.15) is 6.61 Å². The maximum absolute atomic E-state index is 12.8. The summed E-state index contributed by atoms with van der Waals surface area (Å²) in [6, 6.07) is 16.5. The Hall–Kier alpha value is -2.82. The van der Waals surface area contributed by atoms with Crippen molar-refractivity contribution in [1.29, 1.82) is 0 Å². The molecule has 0 heterocycles. The van der Waals surface area contributed by atoms with Gasteiger partial charge in [-0.05, 0) is 59.8 Å². The van der Waals surface area contributed by atoms with E-state index in [0.29, 0.717) is 24.7 Å². The fourth-order valence-corrected chi connectivity index (χ4v) is 6.98. The van der Waals surface area contributed by atoms with Crippen LogP contribution >= 0.6 is 0 Å². The molecule has 29 heavy (non-hydrogen) atoms. The fourth-order valence-electron chi connectivity index (χ4n) is 6.98. The molecule has 7 rings (SSSR count). The van der Waals surface area contributed by atoms with E-state index in [4.69, 9.17) is 4.74 Å². The van der Waals surface area contributed by atoms with Crippen LogP contribution in [0.4, 0.5) is 4.79 Å². The first-order valence-corrected chi connectivity index (χ1v) is 10.4. The zero-order valence-electron chi connectivity index (χ0n) is 16.1. The average molecular weight is 389 g/mol. The summed E-state index contributed by atoms with van der Waals surface area (Å²) in [6.07, 6.45) is 2.44. The summed E-state index contributed by atoms with van der Waals surface area (Å²) >= 11 is 0. The Bertz CT molecular complexity index is 985. The smallest absolute Gasteiger partial charge is 0.407 e. The number of nitrogens with one attached hydrogen (secondary N) is 1. The van der Waals surface area contributed by atoms with E-state index in [1.165, 1.54) is 22.3 Å². The second kappa shape index (κ2) is 5.62. The zero-order chi connectivity index (χ0) is 19.8. The normalized spacial score (nSPS) is 33.0. The maximum atomic E-state index is 12.8. The third-order valence-electron chi connectivity index (χ3n) is 8.12. The third kappa shape index (κ3) is 2.10. The molecule has 5 nitrogen and oxygen atoms in total. The molecule has 148 valence electrons. The van der Waals surface area contributed by atoms with Gasteiger partial charge < -0.3 is 15.2 Å². The van der Waals surface area contributed by atoms with Crippen LogP contribution in [0.15, 0.2) is 48.5 Å². The Morgan fingerprint density at radius 1 is 0.931 bits per heavy atom. The van der Waals surface area contributed by atoms with Crippen LogP contribution in [-0.4, -0.2) is 29.3 Å². The van der Waals surface area contributed by atoms with Crippen LogP contribution in [-0.2, 0) is 9.53 Å². The van der Waals surface area contributed by atoms with Crippen molar-refractivity contribution >= 4 is 12.1 Å². The number of carbonyl (C=O) groups excluding carboxylic acids is 1. The molecule has 4 bridgehead atoms. The molecule has 2 N–H and O–H groups in total. The molecule has 0 saturated heterocycles. The number of carboxylic acid groups (broad SMARTS) is 1. The lowest BCUT2D eigenvalue weighted by molar-refractivity contribution is -0.151. The number of carbonyl (C=O) groups is 2. The third-order valence-corrected chi connectivity index (χ3v) is 8.12. The molecule has 2 unspecified atom stereocenters. The Balaban J connectivity index is 1.21. The van der Waals surface area contributed by atoms with Gasteiger partial charge in [-0.2, -0.15) is 0 Å². The number of carboxylic acids is 1. The first-order valence-electron chi connectivity index (χ1n) is 10.4. The van der Waals surface area contributed by atoms with E-state index in [9.17, 15) is 14.7 Å². The predicted molar refractivity (Wildman–Crippen MR) is 106 cm³/mol. The van der Waals surface area contributed by atoms with E-state index >= 15 is 0 Å². The van der Waals surface area contributed by atoms with Crippen LogP contribution in [0.2, 0.25) is 0 Å². The number of hydrogen-bond acceptors (Lipinski definition) is 3. The zero-order valence-corrected chi connectivity index (χ0v) is 16.1. The number of rotatable bonds is 4. The lowest BCUT2D eigenvalue weighted by Crippen LogP contribution is -2.57. The standard InChI is InChI=1S/C24H23NO4/c26-21(27)23-9-14-11-24(23,12-15(14)10-23)25-22(28)29-13-20-18-7-3-1-5-16(18)17-6-2-4-8-19(17)20/h1-8,14-15,20H,9-13H2,(H,25,28)(H,26,27). The van der Waals surface area contributed by atoms with Crippen LogP contribution in [0.25, 0.3) is 11.1 Å². The van der Waals surface area contributed by atoms with Crippen molar-refractivity contribution in [3.8, 4) is 11.1 Å². The molecule has 4 saturated carbocycles. The van der Waals surface area contributed by atoms with E-state index in [1.54, 1.807) is 0 Å². The van der Waals surface area contributed by atoms with Crippen LogP contribution in [0.3, 0.4) is 0 Å². The number of hydrogen-bond donors (Lipinski definition) is 2. The van der Waals surface area contributed by atoms with Gasteiger partial charge in [-0.15, -0.1) is 0 Å². The highest BCUT2D eigenvalue weighted by Crippen LogP contribution is 2.72. The van der Waals surface area contributed by atoms with Gasteiger partial charge in [0.25, 0.3) is 0 Å². The van der Waals surface area contributed by atoms with Gasteiger partial charge >= 0.3 is 12.1 Å². The predicted octanol–water partition coefficient (Wildman–Crippen LogP) is 4.17. The molecule has 0 aromatic heterocycles. The second-order valence-electron chi connectivity index (χ2n) is 9.26. The molecule has 0 spiro atoms. The highest BCUT2D eigenvalue weighted by atomic mass is 16.5. The highest BCUT2D eigenvalue weighted by Gasteiger charge is 2.75.